The Bertz CT molecular complexity index is 369. The molecule has 1 aliphatic carbocycles. The van der Waals surface area contributed by atoms with Gasteiger partial charge in [-0.2, -0.15) is 0 Å². The van der Waals surface area contributed by atoms with E-state index in [-0.39, 0.29) is 11.2 Å². The summed E-state index contributed by atoms with van der Waals surface area (Å²) in [6.45, 7) is 4.35. The first kappa shape index (κ1) is 11.6. The maximum atomic E-state index is 13.6. The lowest BCUT2D eigenvalue weighted by atomic mass is 9.78. The second-order valence-electron chi connectivity index (χ2n) is 5.12. The largest absolute Gasteiger partial charge is 0.330 e. The topological polar surface area (TPSA) is 26.0 Å². The zero-order valence-electron chi connectivity index (χ0n) is 10.1. The predicted molar refractivity (Wildman–Crippen MR) is 65.1 cm³/mol. The lowest BCUT2D eigenvalue weighted by Gasteiger charge is -2.28. The third kappa shape index (κ3) is 1.75. The number of nitrogens with two attached hydrogens (primary N) is 1. The van der Waals surface area contributed by atoms with E-state index in [0.29, 0.717) is 6.54 Å². The Morgan fingerprint density at radius 3 is 2.12 bits per heavy atom. The summed E-state index contributed by atoms with van der Waals surface area (Å²) in [5.41, 5.74) is 8.79. The quantitative estimate of drug-likeness (QED) is 0.815. The molecule has 1 fully saturated rings. The van der Waals surface area contributed by atoms with E-state index in [1.165, 1.54) is 18.4 Å². The highest BCUT2D eigenvalue weighted by Gasteiger charge is 2.34. The van der Waals surface area contributed by atoms with Crippen LogP contribution in [0.5, 0.6) is 0 Å². The second kappa shape index (κ2) is 4.17. The Balaban J connectivity index is 2.47. The van der Waals surface area contributed by atoms with Crippen LogP contribution in [0.15, 0.2) is 12.1 Å². The molecule has 1 aliphatic rings. The van der Waals surface area contributed by atoms with E-state index in [2.05, 4.69) is 0 Å². The fraction of sp³-hybridized carbons (Fsp3) is 0.571. The van der Waals surface area contributed by atoms with Crippen molar-refractivity contribution in [1.82, 2.24) is 0 Å². The molecule has 16 heavy (non-hydrogen) atoms. The summed E-state index contributed by atoms with van der Waals surface area (Å²) in [5, 5.41) is 0. The molecular weight excluding hydrogens is 201 g/mol. The summed E-state index contributed by atoms with van der Waals surface area (Å²) < 4.78 is 13.6. The zero-order valence-corrected chi connectivity index (χ0v) is 10.1. The molecule has 0 aromatic heterocycles. The molecule has 1 nitrogen and oxygen atoms in total. The molecule has 2 N–H and O–H groups in total. The third-order valence-corrected chi connectivity index (χ3v) is 4.00. The first-order chi connectivity index (χ1) is 7.59. The van der Waals surface area contributed by atoms with Gasteiger partial charge in [0.05, 0.1) is 0 Å². The molecule has 2 rings (SSSR count). The number of hydrogen-bond acceptors (Lipinski definition) is 1. The lowest BCUT2D eigenvalue weighted by molar-refractivity contribution is 0.451. The van der Waals surface area contributed by atoms with Crippen LogP contribution in [-0.4, -0.2) is 6.54 Å². The van der Waals surface area contributed by atoms with Crippen molar-refractivity contribution in [2.75, 3.05) is 6.54 Å². The summed E-state index contributed by atoms with van der Waals surface area (Å²) in [6, 6.07) is 3.97. The molecule has 0 saturated heterocycles. The van der Waals surface area contributed by atoms with Crippen molar-refractivity contribution in [2.45, 2.75) is 44.9 Å². The van der Waals surface area contributed by atoms with Crippen molar-refractivity contribution in [3.05, 3.63) is 34.6 Å². The van der Waals surface area contributed by atoms with E-state index in [1.54, 1.807) is 0 Å². The highest BCUT2D eigenvalue weighted by atomic mass is 19.1. The van der Waals surface area contributed by atoms with E-state index < -0.39 is 0 Å². The summed E-state index contributed by atoms with van der Waals surface area (Å²) in [6.07, 6.45) is 4.78. The van der Waals surface area contributed by atoms with Gasteiger partial charge in [0.1, 0.15) is 5.82 Å². The SMILES string of the molecule is Cc1cc(C2(CN)CCCC2)cc(C)c1F. The summed E-state index contributed by atoms with van der Waals surface area (Å²) in [7, 11) is 0. The molecule has 1 saturated carbocycles. The minimum atomic E-state index is -0.0751. The molecule has 0 radical (unpaired) electrons. The molecule has 1 aromatic rings. The number of halogens is 1. The molecule has 0 unspecified atom stereocenters. The fourth-order valence-corrected chi connectivity index (χ4v) is 2.91. The Hall–Kier alpha value is -0.890. The predicted octanol–water partition coefficient (Wildman–Crippen LogP) is 3.21. The summed E-state index contributed by atoms with van der Waals surface area (Å²) in [4.78, 5) is 0. The van der Waals surface area contributed by atoms with Gasteiger partial charge in [0.25, 0.3) is 0 Å². The third-order valence-electron chi connectivity index (χ3n) is 4.00. The van der Waals surface area contributed by atoms with E-state index in [1.807, 2.05) is 26.0 Å². The normalized spacial score (nSPS) is 19.0. The average molecular weight is 221 g/mol. The van der Waals surface area contributed by atoms with Crippen molar-refractivity contribution in [1.29, 1.82) is 0 Å². The monoisotopic (exact) mass is 221 g/mol. The smallest absolute Gasteiger partial charge is 0.129 e. The first-order valence-corrected chi connectivity index (χ1v) is 6.06. The van der Waals surface area contributed by atoms with Crippen molar-refractivity contribution >= 4 is 0 Å². The van der Waals surface area contributed by atoms with Crippen LogP contribution in [0.4, 0.5) is 4.39 Å². The van der Waals surface area contributed by atoms with Gasteiger partial charge in [0.2, 0.25) is 0 Å². The van der Waals surface area contributed by atoms with Gasteiger partial charge in [-0.3, -0.25) is 0 Å². The van der Waals surface area contributed by atoms with Gasteiger partial charge in [0.15, 0.2) is 0 Å². The molecule has 0 atom stereocenters. The van der Waals surface area contributed by atoms with Crippen LogP contribution >= 0.6 is 0 Å². The molecule has 0 amide bonds. The van der Waals surface area contributed by atoms with Gasteiger partial charge in [-0.05, 0) is 43.4 Å². The molecule has 88 valence electrons. The number of aryl methyl sites for hydroxylation is 2. The van der Waals surface area contributed by atoms with E-state index in [9.17, 15) is 4.39 Å². The lowest BCUT2D eigenvalue weighted by Crippen LogP contribution is -2.32. The van der Waals surface area contributed by atoms with Crippen LogP contribution in [0.2, 0.25) is 0 Å². The number of benzene rings is 1. The number of rotatable bonds is 2. The van der Waals surface area contributed by atoms with Gasteiger partial charge in [-0.25, -0.2) is 4.39 Å². The standard InChI is InChI=1S/C14H20FN/c1-10-7-12(8-11(2)13(10)15)14(9-16)5-3-4-6-14/h7-8H,3-6,9,16H2,1-2H3. The molecule has 1 aromatic carbocycles. The van der Waals surface area contributed by atoms with Gasteiger partial charge in [-0.15, -0.1) is 0 Å². The van der Waals surface area contributed by atoms with Crippen LogP contribution in [0.3, 0.4) is 0 Å². The molecule has 0 spiro atoms. The Morgan fingerprint density at radius 1 is 1.19 bits per heavy atom. The van der Waals surface area contributed by atoms with Gasteiger partial charge in [0, 0.05) is 12.0 Å². The minimum absolute atomic E-state index is 0.0751. The van der Waals surface area contributed by atoms with Crippen LogP contribution in [0.25, 0.3) is 0 Å². The molecular formula is C14H20FN. The first-order valence-electron chi connectivity index (χ1n) is 6.06. The van der Waals surface area contributed by atoms with Crippen LogP contribution in [0, 0.1) is 19.7 Å². The highest BCUT2D eigenvalue weighted by Crippen LogP contribution is 2.41. The van der Waals surface area contributed by atoms with Crippen molar-refractivity contribution < 1.29 is 4.39 Å². The van der Waals surface area contributed by atoms with E-state index in [4.69, 9.17) is 5.73 Å². The van der Waals surface area contributed by atoms with Crippen molar-refractivity contribution in [2.24, 2.45) is 5.73 Å². The van der Waals surface area contributed by atoms with Crippen molar-refractivity contribution in [3.8, 4) is 0 Å². The van der Waals surface area contributed by atoms with Gasteiger partial charge in [-0.1, -0.05) is 25.0 Å². The van der Waals surface area contributed by atoms with E-state index >= 15 is 0 Å². The van der Waals surface area contributed by atoms with Crippen LogP contribution in [0.1, 0.15) is 42.4 Å². The van der Waals surface area contributed by atoms with Crippen molar-refractivity contribution in [3.63, 3.8) is 0 Å². The minimum Gasteiger partial charge on any atom is -0.330 e. The van der Waals surface area contributed by atoms with Gasteiger partial charge >= 0.3 is 0 Å². The Kier molecular flexibility index (Phi) is 3.02. The highest BCUT2D eigenvalue weighted by molar-refractivity contribution is 5.36. The molecule has 0 heterocycles. The van der Waals surface area contributed by atoms with E-state index in [0.717, 1.165) is 24.0 Å². The Morgan fingerprint density at radius 2 is 1.69 bits per heavy atom. The van der Waals surface area contributed by atoms with Crippen LogP contribution < -0.4 is 5.73 Å². The Labute approximate surface area is 96.9 Å². The summed E-state index contributed by atoms with van der Waals surface area (Å²) in [5.74, 6) is -0.0751. The summed E-state index contributed by atoms with van der Waals surface area (Å²) >= 11 is 0. The van der Waals surface area contributed by atoms with Gasteiger partial charge < -0.3 is 5.73 Å². The maximum absolute atomic E-state index is 13.6. The molecule has 2 heteroatoms. The zero-order chi connectivity index (χ0) is 11.8. The molecule has 0 bridgehead atoms. The van der Waals surface area contributed by atoms with Crippen LogP contribution in [-0.2, 0) is 5.41 Å². The fourth-order valence-electron chi connectivity index (χ4n) is 2.91. The second-order valence-corrected chi connectivity index (χ2v) is 5.12. The molecule has 0 aliphatic heterocycles. The number of hydrogen-bond donors (Lipinski definition) is 1. The average Bonchev–Trinajstić information content (AvgIpc) is 2.75. The maximum Gasteiger partial charge on any atom is 0.129 e.